The molecule has 30 heavy (non-hydrogen) atoms. The molecule has 0 fully saturated rings. The standard InChI is InChI=1S/C24H26N3.Fe.2HI/c1-15-9-17(3)23(18(4)10-15)25-13-21-7-8-22(27-21)14-26-24-19(5)11-16(2)12-20(24)6;;;/h7-14H,1-6H3;;2*1H/q-1;+3;;/p-2. The Labute approximate surface area is 208 Å². The van der Waals surface area contributed by atoms with Gasteiger partial charge in [0, 0.05) is 12.4 Å². The number of aromatic nitrogens is 1. The van der Waals surface area contributed by atoms with Crippen LogP contribution in [0.15, 0.2) is 46.4 Å². The average Bonchev–Trinajstić information content (AvgIpc) is 3.08. The molecule has 0 saturated heterocycles. The van der Waals surface area contributed by atoms with Crippen molar-refractivity contribution >= 4 is 64.5 Å². The van der Waals surface area contributed by atoms with E-state index >= 15 is 0 Å². The summed E-state index contributed by atoms with van der Waals surface area (Å²) in [6, 6.07) is 12.6. The van der Waals surface area contributed by atoms with Gasteiger partial charge in [-0.15, -0.1) is 11.4 Å². The molecule has 0 radical (unpaired) electrons. The topological polar surface area (TPSA) is 38.8 Å². The Bertz CT molecular complexity index is 940. The molecular formula is C24H26FeI2N3. The monoisotopic (exact) mass is 666 g/mol. The van der Waals surface area contributed by atoms with Gasteiger partial charge in [-0.2, -0.15) is 0 Å². The number of aryl methyl sites for hydroxylation is 6. The van der Waals surface area contributed by atoms with E-state index in [-0.39, 0.29) is 0 Å². The first kappa shape index (κ1) is 25.3. The van der Waals surface area contributed by atoms with Crippen molar-refractivity contribution in [1.82, 2.24) is 4.98 Å². The molecule has 0 aliphatic rings. The third kappa shape index (κ3) is 7.32. The number of benzene rings is 2. The van der Waals surface area contributed by atoms with E-state index in [9.17, 15) is 0 Å². The second kappa shape index (κ2) is 12.2. The van der Waals surface area contributed by atoms with Crippen molar-refractivity contribution in [3.63, 3.8) is 0 Å². The molecule has 3 rings (SSSR count). The summed E-state index contributed by atoms with van der Waals surface area (Å²) in [7, 11) is 1.19. The molecule has 0 spiro atoms. The Balaban J connectivity index is 0.00000101. The molecular weight excluding hydrogens is 640 g/mol. The zero-order chi connectivity index (χ0) is 22.3. The van der Waals surface area contributed by atoms with E-state index < -0.39 is 0 Å². The molecule has 3 aromatic rings. The molecule has 159 valence electrons. The van der Waals surface area contributed by atoms with Crippen molar-refractivity contribution in [2.75, 3.05) is 0 Å². The Morgan fingerprint density at radius 2 is 0.967 bits per heavy atom. The number of hydrogen-bond donors (Lipinski definition) is 0. The van der Waals surface area contributed by atoms with Gasteiger partial charge in [0.15, 0.2) is 0 Å². The SMILES string of the molecule is Cc1cc(C)c(N=Cc2ccc(C=Nc3c(C)cc(C)cc3C)[n-]2)c(C)c1.[I][Fe+][I]. The van der Waals surface area contributed by atoms with Crippen LogP contribution in [0.3, 0.4) is 0 Å². The molecule has 2 aromatic carbocycles. The van der Waals surface area contributed by atoms with Crippen LogP contribution >= 0.6 is 40.7 Å². The van der Waals surface area contributed by atoms with Crippen LogP contribution in [0, 0.1) is 41.5 Å². The van der Waals surface area contributed by atoms with E-state index in [0.29, 0.717) is 0 Å². The van der Waals surface area contributed by atoms with E-state index in [4.69, 9.17) is 0 Å². The third-order valence-corrected chi connectivity index (χ3v) is 4.61. The molecule has 0 atom stereocenters. The molecule has 0 N–H and O–H groups in total. The average molecular weight is 666 g/mol. The van der Waals surface area contributed by atoms with E-state index in [1.807, 2.05) is 24.6 Å². The maximum absolute atomic E-state index is 4.65. The van der Waals surface area contributed by atoms with Crippen LogP contribution in [0.4, 0.5) is 11.4 Å². The van der Waals surface area contributed by atoms with E-state index in [2.05, 4.69) is 121 Å². The molecule has 1 aromatic heterocycles. The van der Waals surface area contributed by atoms with Gasteiger partial charge >= 0.3 is 49.1 Å². The molecule has 0 amide bonds. The fourth-order valence-corrected chi connectivity index (χ4v) is 3.55. The van der Waals surface area contributed by atoms with Gasteiger partial charge in [-0.25, -0.2) is 0 Å². The Kier molecular flexibility index (Phi) is 10.3. The summed E-state index contributed by atoms with van der Waals surface area (Å²) in [6.07, 6.45) is 3.65. The first-order valence-electron chi connectivity index (χ1n) is 9.48. The van der Waals surface area contributed by atoms with E-state index in [1.165, 1.54) is 41.8 Å². The summed E-state index contributed by atoms with van der Waals surface area (Å²) >= 11 is 4.55. The van der Waals surface area contributed by atoms with Crippen molar-refractivity contribution in [2.24, 2.45) is 9.98 Å². The maximum atomic E-state index is 4.65. The van der Waals surface area contributed by atoms with E-state index in [0.717, 1.165) is 22.8 Å². The Morgan fingerprint density at radius 3 is 1.27 bits per heavy atom. The normalized spacial score (nSPS) is 11.2. The number of aliphatic imine (C=N–C) groups is 2. The summed E-state index contributed by atoms with van der Waals surface area (Å²) in [5.41, 5.74) is 11.0. The summed E-state index contributed by atoms with van der Waals surface area (Å²) in [5.74, 6) is 0. The predicted octanol–water partition coefficient (Wildman–Crippen LogP) is 7.76. The first-order valence-corrected chi connectivity index (χ1v) is 16.6. The van der Waals surface area contributed by atoms with Gasteiger partial charge in [-0.3, -0.25) is 9.98 Å². The van der Waals surface area contributed by atoms with Crippen LogP contribution in [-0.2, 0) is 8.46 Å². The molecule has 0 saturated carbocycles. The number of halogens is 2. The summed E-state index contributed by atoms with van der Waals surface area (Å²) in [6.45, 7) is 12.6. The number of hydrogen-bond acceptors (Lipinski definition) is 2. The van der Waals surface area contributed by atoms with Crippen molar-refractivity contribution in [1.29, 1.82) is 0 Å². The van der Waals surface area contributed by atoms with Crippen molar-refractivity contribution < 1.29 is 8.46 Å². The molecule has 3 nitrogen and oxygen atoms in total. The molecule has 0 bridgehead atoms. The van der Waals surface area contributed by atoms with Gasteiger partial charge in [0.05, 0.1) is 11.4 Å². The summed E-state index contributed by atoms with van der Waals surface area (Å²) in [4.78, 5) is 13.9. The summed E-state index contributed by atoms with van der Waals surface area (Å²) < 4.78 is 0. The zero-order valence-corrected chi connectivity index (χ0v) is 23.5. The zero-order valence-electron chi connectivity index (χ0n) is 18.1. The fourth-order valence-electron chi connectivity index (χ4n) is 3.55. The van der Waals surface area contributed by atoms with Gasteiger partial charge < -0.3 is 4.98 Å². The Morgan fingerprint density at radius 1 is 0.667 bits per heavy atom. The van der Waals surface area contributed by atoms with Gasteiger partial charge in [0.2, 0.25) is 0 Å². The second-order valence-electron chi connectivity index (χ2n) is 7.36. The molecule has 0 unspecified atom stereocenters. The second-order valence-corrected chi connectivity index (χ2v) is 16.7. The van der Waals surface area contributed by atoms with Gasteiger partial charge in [0.1, 0.15) is 0 Å². The predicted molar refractivity (Wildman–Crippen MR) is 144 cm³/mol. The minimum atomic E-state index is 0.841. The van der Waals surface area contributed by atoms with Gasteiger partial charge in [0.25, 0.3) is 0 Å². The van der Waals surface area contributed by atoms with E-state index in [1.54, 1.807) is 0 Å². The number of nitrogens with zero attached hydrogens (tertiary/aromatic N) is 3. The van der Waals surface area contributed by atoms with Crippen LogP contribution in [0.2, 0.25) is 0 Å². The summed E-state index contributed by atoms with van der Waals surface area (Å²) in [5, 5.41) is 0. The molecule has 0 aliphatic carbocycles. The van der Waals surface area contributed by atoms with Crippen molar-refractivity contribution in [3.8, 4) is 0 Å². The van der Waals surface area contributed by atoms with Gasteiger partial charge in [-0.05, 0) is 63.8 Å². The molecule has 0 aliphatic heterocycles. The van der Waals surface area contributed by atoms with Gasteiger partial charge in [-0.1, -0.05) is 47.5 Å². The van der Waals surface area contributed by atoms with Crippen molar-refractivity contribution in [3.05, 3.63) is 81.2 Å². The van der Waals surface area contributed by atoms with Crippen LogP contribution in [0.1, 0.15) is 44.8 Å². The van der Waals surface area contributed by atoms with Crippen LogP contribution < -0.4 is 4.98 Å². The minimum absolute atomic E-state index is 0.841. The van der Waals surface area contributed by atoms with Crippen LogP contribution in [0.25, 0.3) is 0 Å². The van der Waals surface area contributed by atoms with Crippen LogP contribution in [0.5, 0.6) is 0 Å². The quantitative estimate of drug-likeness (QED) is 0.160. The first-order chi connectivity index (χ1) is 14.2. The fraction of sp³-hybridized carbons (Fsp3) is 0.250. The number of rotatable bonds is 4. The van der Waals surface area contributed by atoms with Crippen molar-refractivity contribution in [2.45, 2.75) is 41.5 Å². The Hall–Kier alpha value is -0.961. The third-order valence-electron chi connectivity index (χ3n) is 4.61. The van der Waals surface area contributed by atoms with Crippen LogP contribution in [-0.4, -0.2) is 12.4 Å². The molecule has 6 heteroatoms. The molecule has 1 heterocycles.